The number of halogens is 1. The highest BCUT2D eigenvalue weighted by Crippen LogP contribution is 2.18. The lowest BCUT2D eigenvalue weighted by Crippen LogP contribution is -2.35. The van der Waals surface area contributed by atoms with Gasteiger partial charge in [-0.2, -0.15) is 0 Å². The minimum Gasteiger partial charge on any atom is -0.340 e. The second-order valence-corrected chi connectivity index (χ2v) is 8.10. The summed E-state index contributed by atoms with van der Waals surface area (Å²) in [6.45, 7) is 4.00. The van der Waals surface area contributed by atoms with Crippen molar-refractivity contribution >= 4 is 29.1 Å². The van der Waals surface area contributed by atoms with Gasteiger partial charge in [0.2, 0.25) is 11.8 Å². The first-order chi connectivity index (χ1) is 14.5. The van der Waals surface area contributed by atoms with Crippen LogP contribution >= 0.6 is 11.6 Å². The summed E-state index contributed by atoms with van der Waals surface area (Å²) in [5, 5.41) is 0.685. The van der Waals surface area contributed by atoms with E-state index in [2.05, 4.69) is 4.98 Å². The Hall–Kier alpha value is -2.86. The fourth-order valence-electron chi connectivity index (χ4n) is 3.86. The molecule has 0 N–H and O–H groups in total. The van der Waals surface area contributed by atoms with Crippen LogP contribution in [0.2, 0.25) is 5.02 Å². The third-order valence-electron chi connectivity index (χ3n) is 5.59. The monoisotopic (exact) mass is 424 g/mol. The molecule has 7 heteroatoms. The number of imidazole rings is 1. The predicted molar refractivity (Wildman–Crippen MR) is 116 cm³/mol. The maximum absolute atomic E-state index is 12.7. The molecule has 156 valence electrons. The summed E-state index contributed by atoms with van der Waals surface area (Å²) >= 11 is 6.19. The van der Waals surface area contributed by atoms with Crippen LogP contribution in [0.15, 0.2) is 48.8 Å². The Labute approximate surface area is 181 Å². The molecule has 2 amide bonds. The molecule has 1 fully saturated rings. The second-order valence-electron chi connectivity index (χ2n) is 7.69. The Morgan fingerprint density at radius 2 is 1.97 bits per heavy atom. The van der Waals surface area contributed by atoms with Gasteiger partial charge in [-0.1, -0.05) is 35.9 Å². The summed E-state index contributed by atoms with van der Waals surface area (Å²) in [6, 6.07) is 11.6. The van der Waals surface area contributed by atoms with Crippen LogP contribution in [-0.4, -0.2) is 50.6 Å². The van der Waals surface area contributed by atoms with Crippen molar-refractivity contribution in [3.63, 3.8) is 0 Å². The van der Waals surface area contributed by atoms with Gasteiger partial charge in [0.25, 0.3) is 0 Å². The first kappa shape index (κ1) is 20.4. The molecule has 3 aromatic rings. The lowest BCUT2D eigenvalue weighted by Gasteiger charge is -2.22. The van der Waals surface area contributed by atoms with Crippen LogP contribution in [0.4, 0.5) is 0 Å². The number of rotatable bonds is 5. The number of aryl methyl sites for hydroxylation is 2. The topological polar surface area (TPSA) is 57.9 Å². The van der Waals surface area contributed by atoms with Gasteiger partial charge in [0.05, 0.1) is 12.2 Å². The standard InChI is InChI=1S/C23H25ClN4O2/c1-17-5-4-11-28-16-19(25-23(17)28)15-27-14-13-26(12-10-22(27)30)21(29)9-8-18-6-2-3-7-20(18)24/h2-7,11,16H,8-10,12-15H2,1H3. The molecule has 0 atom stereocenters. The molecule has 2 aromatic heterocycles. The van der Waals surface area contributed by atoms with Crippen molar-refractivity contribution < 1.29 is 9.59 Å². The summed E-state index contributed by atoms with van der Waals surface area (Å²) in [6.07, 6.45) is 5.26. The quantitative estimate of drug-likeness (QED) is 0.630. The van der Waals surface area contributed by atoms with Crippen LogP contribution in [0.3, 0.4) is 0 Å². The van der Waals surface area contributed by atoms with Gasteiger partial charge in [0.1, 0.15) is 5.65 Å². The van der Waals surface area contributed by atoms with E-state index in [1.165, 1.54) is 0 Å². The van der Waals surface area contributed by atoms with Crippen molar-refractivity contribution in [3.05, 3.63) is 70.6 Å². The molecule has 1 aromatic carbocycles. The molecule has 0 spiro atoms. The number of benzene rings is 1. The van der Waals surface area contributed by atoms with Crippen LogP contribution in [-0.2, 0) is 22.6 Å². The molecule has 0 bridgehead atoms. The molecular weight excluding hydrogens is 400 g/mol. The van der Waals surface area contributed by atoms with Crippen LogP contribution in [0.5, 0.6) is 0 Å². The number of carbonyl (C=O) groups excluding carboxylic acids is 2. The average Bonchev–Trinajstić information content (AvgIpc) is 3.07. The Morgan fingerprint density at radius 1 is 1.13 bits per heavy atom. The van der Waals surface area contributed by atoms with Crippen molar-refractivity contribution in [1.29, 1.82) is 0 Å². The number of nitrogens with zero attached hydrogens (tertiary/aromatic N) is 4. The van der Waals surface area contributed by atoms with E-state index in [4.69, 9.17) is 11.6 Å². The van der Waals surface area contributed by atoms with E-state index in [-0.39, 0.29) is 11.8 Å². The number of carbonyl (C=O) groups is 2. The van der Waals surface area contributed by atoms with Crippen LogP contribution in [0, 0.1) is 6.92 Å². The highest BCUT2D eigenvalue weighted by atomic mass is 35.5. The molecule has 4 rings (SSSR count). The van der Waals surface area contributed by atoms with Gasteiger partial charge < -0.3 is 14.2 Å². The van der Waals surface area contributed by atoms with Crippen LogP contribution < -0.4 is 0 Å². The van der Waals surface area contributed by atoms with E-state index < -0.39 is 0 Å². The van der Waals surface area contributed by atoms with Gasteiger partial charge in [-0.3, -0.25) is 9.59 Å². The van der Waals surface area contributed by atoms with Gasteiger partial charge in [-0.05, 0) is 36.6 Å². The lowest BCUT2D eigenvalue weighted by atomic mass is 10.1. The zero-order valence-electron chi connectivity index (χ0n) is 17.1. The number of fused-ring (bicyclic) bond motifs is 1. The SMILES string of the molecule is Cc1cccn2cc(CN3CCN(C(=O)CCc4ccccc4Cl)CCC3=O)nc12. The molecule has 1 aliphatic heterocycles. The zero-order valence-corrected chi connectivity index (χ0v) is 17.8. The number of hydrogen-bond donors (Lipinski definition) is 0. The largest absolute Gasteiger partial charge is 0.340 e. The van der Waals surface area contributed by atoms with Gasteiger partial charge in [-0.25, -0.2) is 4.98 Å². The summed E-state index contributed by atoms with van der Waals surface area (Å²) in [5.41, 5.74) is 3.84. The highest BCUT2D eigenvalue weighted by Gasteiger charge is 2.24. The molecule has 30 heavy (non-hydrogen) atoms. The fourth-order valence-corrected chi connectivity index (χ4v) is 4.09. The maximum atomic E-state index is 12.7. The predicted octanol–water partition coefficient (Wildman–Crippen LogP) is 3.49. The molecule has 0 saturated carbocycles. The molecule has 0 unspecified atom stereocenters. The zero-order chi connectivity index (χ0) is 21.1. The van der Waals surface area contributed by atoms with E-state index in [0.717, 1.165) is 22.5 Å². The number of amides is 2. The smallest absolute Gasteiger partial charge is 0.224 e. The van der Waals surface area contributed by atoms with Gasteiger partial charge in [-0.15, -0.1) is 0 Å². The van der Waals surface area contributed by atoms with Crippen LogP contribution in [0.1, 0.15) is 29.7 Å². The lowest BCUT2D eigenvalue weighted by molar-refractivity contribution is -0.131. The van der Waals surface area contributed by atoms with E-state index >= 15 is 0 Å². The Bertz CT molecular complexity index is 1080. The molecule has 0 radical (unpaired) electrons. The minimum absolute atomic E-state index is 0.0604. The first-order valence-electron chi connectivity index (χ1n) is 10.2. The molecule has 1 aliphatic rings. The summed E-state index contributed by atoms with van der Waals surface area (Å²) in [4.78, 5) is 33.6. The van der Waals surface area contributed by atoms with E-state index in [1.54, 1.807) is 9.80 Å². The third-order valence-corrected chi connectivity index (χ3v) is 5.96. The molecule has 3 heterocycles. The van der Waals surface area contributed by atoms with E-state index in [1.807, 2.05) is 60.1 Å². The van der Waals surface area contributed by atoms with Crippen molar-refractivity contribution in [1.82, 2.24) is 19.2 Å². The second kappa shape index (κ2) is 8.88. The van der Waals surface area contributed by atoms with E-state index in [9.17, 15) is 9.59 Å². The van der Waals surface area contributed by atoms with Crippen LogP contribution in [0.25, 0.3) is 5.65 Å². The van der Waals surface area contributed by atoms with Crippen molar-refractivity contribution in [2.45, 2.75) is 32.7 Å². The number of hydrogen-bond acceptors (Lipinski definition) is 3. The molecule has 1 saturated heterocycles. The average molecular weight is 425 g/mol. The highest BCUT2D eigenvalue weighted by molar-refractivity contribution is 6.31. The summed E-state index contributed by atoms with van der Waals surface area (Å²) in [5.74, 6) is 0.123. The molecular formula is C23H25ClN4O2. The Balaban J connectivity index is 1.37. The first-order valence-corrected chi connectivity index (χ1v) is 10.6. The number of pyridine rings is 1. The van der Waals surface area contributed by atoms with Crippen molar-refractivity contribution in [2.24, 2.45) is 0 Å². The summed E-state index contributed by atoms with van der Waals surface area (Å²) < 4.78 is 1.98. The maximum Gasteiger partial charge on any atom is 0.224 e. The Morgan fingerprint density at radius 3 is 2.77 bits per heavy atom. The Kier molecular flexibility index (Phi) is 6.04. The summed E-state index contributed by atoms with van der Waals surface area (Å²) in [7, 11) is 0. The minimum atomic E-state index is 0.0604. The normalized spacial score (nSPS) is 14.9. The van der Waals surface area contributed by atoms with Crippen molar-refractivity contribution in [3.8, 4) is 0 Å². The molecule has 6 nitrogen and oxygen atoms in total. The van der Waals surface area contributed by atoms with E-state index in [0.29, 0.717) is 50.5 Å². The fraction of sp³-hybridized carbons (Fsp3) is 0.348. The molecule has 0 aliphatic carbocycles. The van der Waals surface area contributed by atoms with Gasteiger partial charge in [0.15, 0.2) is 0 Å². The third kappa shape index (κ3) is 4.49. The van der Waals surface area contributed by atoms with Gasteiger partial charge in [0, 0.05) is 49.9 Å². The van der Waals surface area contributed by atoms with Crippen molar-refractivity contribution in [2.75, 3.05) is 19.6 Å². The van der Waals surface area contributed by atoms with Gasteiger partial charge >= 0.3 is 0 Å². The number of aromatic nitrogens is 2.